The molecule has 0 aliphatic carbocycles. The third kappa shape index (κ3) is 9.29. The Balaban J connectivity index is 0.00000385. The molecule has 2 N–H and O–H groups in total. The first-order chi connectivity index (χ1) is 15.8. The summed E-state index contributed by atoms with van der Waals surface area (Å²) in [4.78, 5) is 11.6. The predicted molar refractivity (Wildman–Crippen MR) is 145 cm³/mol. The zero-order valence-corrected chi connectivity index (χ0v) is 21.3. The minimum atomic E-state index is 0. The SMILES string of the molecule is CCCCCCCCCCCC1=NC(=Cc2[nH]c(-c3ccc[nH]3)cc2OCCCC)C=C1.Cl. The number of unbranched alkanes of at least 4 members (excludes halogenated alkanes) is 9. The second-order valence-electron chi connectivity index (χ2n) is 8.83. The summed E-state index contributed by atoms with van der Waals surface area (Å²) in [7, 11) is 0. The number of hydrogen-bond donors (Lipinski definition) is 2. The van der Waals surface area contributed by atoms with Gasteiger partial charge in [0, 0.05) is 18.0 Å². The highest BCUT2D eigenvalue weighted by Gasteiger charge is 2.12. The molecule has 3 rings (SSSR count). The molecule has 0 atom stereocenters. The van der Waals surface area contributed by atoms with E-state index in [-0.39, 0.29) is 12.4 Å². The summed E-state index contributed by atoms with van der Waals surface area (Å²) in [5.74, 6) is 0.895. The average Bonchev–Trinajstić information content (AvgIpc) is 3.55. The summed E-state index contributed by atoms with van der Waals surface area (Å²) in [6.45, 7) is 5.19. The molecule has 1 aliphatic heterocycles. The standard InChI is InChI=1S/C28H41N3O.ClH/c1-3-5-7-8-9-10-11-12-13-15-23-17-18-24(30-23)21-27-28(32-20-6-4-2)22-26(31-27)25-16-14-19-29-25;/h14,16-19,21-22,29,31H,3-13,15,20H2,1-2H3;1H. The van der Waals surface area contributed by atoms with Crippen LogP contribution in [0.3, 0.4) is 0 Å². The van der Waals surface area contributed by atoms with E-state index in [1.807, 2.05) is 12.3 Å². The molecule has 33 heavy (non-hydrogen) atoms. The molecule has 0 bridgehead atoms. The fourth-order valence-electron chi connectivity index (χ4n) is 4.05. The third-order valence-electron chi connectivity index (χ3n) is 6.00. The van der Waals surface area contributed by atoms with E-state index in [1.54, 1.807) is 0 Å². The average molecular weight is 472 g/mol. The van der Waals surface area contributed by atoms with Crippen LogP contribution >= 0.6 is 12.4 Å². The van der Waals surface area contributed by atoms with Gasteiger partial charge >= 0.3 is 0 Å². The Labute approximate surface area is 206 Å². The Bertz CT molecular complexity index is 877. The Morgan fingerprint density at radius 2 is 1.61 bits per heavy atom. The second kappa shape index (κ2) is 15.6. The number of nitrogens with zero attached hydrogens (tertiary/aromatic N) is 1. The van der Waals surface area contributed by atoms with Gasteiger partial charge in [-0.1, -0.05) is 71.6 Å². The molecule has 5 heteroatoms. The zero-order chi connectivity index (χ0) is 22.4. The lowest BCUT2D eigenvalue weighted by Crippen LogP contribution is -1.96. The molecule has 3 heterocycles. The summed E-state index contributed by atoms with van der Waals surface area (Å²) < 4.78 is 6.06. The van der Waals surface area contributed by atoms with Gasteiger partial charge in [0.25, 0.3) is 0 Å². The van der Waals surface area contributed by atoms with Gasteiger partial charge in [-0.3, -0.25) is 4.99 Å². The Hall–Kier alpha value is -2.20. The minimum Gasteiger partial charge on any atom is -0.491 e. The molecule has 0 fully saturated rings. The van der Waals surface area contributed by atoms with Crippen molar-refractivity contribution in [3.05, 3.63) is 47.9 Å². The molecule has 0 saturated carbocycles. The summed E-state index contributed by atoms with van der Waals surface area (Å²) in [5, 5.41) is 0. The van der Waals surface area contributed by atoms with Crippen molar-refractivity contribution in [2.45, 2.75) is 90.9 Å². The molecule has 2 aromatic rings. The van der Waals surface area contributed by atoms with Gasteiger partial charge in [0.1, 0.15) is 5.75 Å². The number of ether oxygens (including phenoxy) is 1. The van der Waals surface area contributed by atoms with E-state index in [0.717, 1.165) is 54.4 Å². The summed E-state index contributed by atoms with van der Waals surface area (Å²) in [5.41, 5.74) is 5.28. The Morgan fingerprint density at radius 3 is 2.30 bits per heavy atom. The number of H-pyrrole nitrogens is 2. The maximum Gasteiger partial charge on any atom is 0.144 e. The van der Waals surface area contributed by atoms with E-state index in [0.29, 0.717) is 0 Å². The maximum atomic E-state index is 6.06. The van der Waals surface area contributed by atoms with Crippen LogP contribution in [-0.4, -0.2) is 22.3 Å². The van der Waals surface area contributed by atoms with Crippen LogP contribution in [0.1, 0.15) is 96.6 Å². The molecule has 0 aromatic carbocycles. The Morgan fingerprint density at radius 1 is 0.879 bits per heavy atom. The van der Waals surface area contributed by atoms with Gasteiger partial charge in [-0.05, 0) is 49.6 Å². The van der Waals surface area contributed by atoms with Crippen LogP contribution in [-0.2, 0) is 0 Å². The van der Waals surface area contributed by atoms with Crippen LogP contribution in [0.5, 0.6) is 5.75 Å². The van der Waals surface area contributed by atoms with Crippen LogP contribution in [0.25, 0.3) is 17.5 Å². The highest BCUT2D eigenvalue weighted by molar-refractivity contribution is 5.99. The first-order valence-electron chi connectivity index (χ1n) is 12.8. The molecule has 2 aromatic heterocycles. The largest absolute Gasteiger partial charge is 0.491 e. The number of rotatable bonds is 16. The minimum absolute atomic E-state index is 0. The fraction of sp³-hybridized carbons (Fsp3) is 0.536. The quantitative estimate of drug-likeness (QED) is 0.236. The van der Waals surface area contributed by atoms with Crippen molar-refractivity contribution < 1.29 is 4.74 Å². The van der Waals surface area contributed by atoms with E-state index >= 15 is 0 Å². The molecular weight excluding hydrogens is 430 g/mol. The van der Waals surface area contributed by atoms with Crippen molar-refractivity contribution in [1.29, 1.82) is 0 Å². The number of halogens is 1. The van der Waals surface area contributed by atoms with Gasteiger partial charge in [0.05, 0.1) is 29.4 Å². The Kier molecular flexibility index (Phi) is 12.8. The van der Waals surface area contributed by atoms with Crippen molar-refractivity contribution in [3.63, 3.8) is 0 Å². The predicted octanol–water partition coefficient (Wildman–Crippen LogP) is 8.88. The summed E-state index contributed by atoms with van der Waals surface area (Å²) in [6.07, 6.45) is 23.8. The van der Waals surface area contributed by atoms with Crippen LogP contribution in [0, 0.1) is 0 Å². The molecule has 0 saturated heterocycles. The number of aromatic amines is 2. The first-order valence-corrected chi connectivity index (χ1v) is 12.8. The smallest absolute Gasteiger partial charge is 0.144 e. The van der Waals surface area contributed by atoms with Crippen molar-refractivity contribution in [1.82, 2.24) is 9.97 Å². The topological polar surface area (TPSA) is 53.2 Å². The van der Waals surface area contributed by atoms with Crippen LogP contribution in [0.4, 0.5) is 0 Å². The van der Waals surface area contributed by atoms with Crippen LogP contribution < -0.4 is 4.74 Å². The van der Waals surface area contributed by atoms with E-state index in [9.17, 15) is 0 Å². The number of aliphatic imine (C=N–C) groups is 1. The first kappa shape index (κ1) is 27.0. The zero-order valence-electron chi connectivity index (χ0n) is 20.5. The van der Waals surface area contributed by atoms with Gasteiger partial charge < -0.3 is 14.7 Å². The fourth-order valence-corrected chi connectivity index (χ4v) is 4.05. The molecule has 0 amide bonds. The third-order valence-corrected chi connectivity index (χ3v) is 6.00. The van der Waals surface area contributed by atoms with Crippen molar-refractivity contribution in [2.24, 2.45) is 4.99 Å². The van der Waals surface area contributed by atoms with Gasteiger partial charge in [0.2, 0.25) is 0 Å². The normalized spacial score (nSPS) is 14.0. The number of allylic oxidation sites excluding steroid dienone is 2. The molecule has 4 nitrogen and oxygen atoms in total. The van der Waals surface area contributed by atoms with Crippen molar-refractivity contribution >= 4 is 24.2 Å². The highest BCUT2D eigenvalue weighted by atomic mass is 35.5. The number of hydrogen-bond acceptors (Lipinski definition) is 2. The van der Waals surface area contributed by atoms with Gasteiger partial charge in [-0.15, -0.1) is 12.4 Å². The van der Waals surface area contributed by atoms with E-state index in [2.05, 4.69) is 54.2 Å². The summed E-state index contributed by atoms with van der Waals surface area (Å²) in [6, 6.07) is 6.16. The highest BCUT2D eigenvalue weighted by Crippen LogP contribution is 2.29. The lowest BCUT2D eigenvalue weighted by Gasteiger charge is -2.04. The molecular formula is C28H42ClN3O. The van der Waals surface area contributed by atoms with Gasteiger partial charge in [-0.2, -0.15) is 0 Å². The van der Waals surface area contributed by atoms with E-state index in [1.165, 1.54) is 63.5 Å². The van der Waals surface area contributed by atoms with Gasteiger partial charge in [0.15, 0.2) is 0 Å². The number of nitrogens with one attached hydrogen (secondary N) is 2. The molecule has 1 aliphatic rings. The van der Waals surface area contributed by atoms with Crippen molar-refractivity contribution in [2.75, 3.05) is 6.61 Å². The molecule has 182 valence electrons. The van der Waals surface area contributed by atoms with E-state index < -0.39 is 0 Å². The lowest BCUT2D eigenvalue weighted by atomic mass is 10.1. The monoisotopic (exact) mass is 471 g/mol. The molecule has 0 unspecified atom stereocenters. The van der Waals surface area contributed by atoms with Gasteiger partial charge in [-0.25, -0.2) is 0 Å². The lowest BCUT2D eigenvalue weighted by molar-refractivity contribution is 0.309. The summed E-state index contributed by atoms with van der Waals surface area (Å²) >= 11 is 0. The molecule has 0 radical (unpaired) electrons. The van der Waals surface area contributed by atoms with Crippen LogP contribution in [0.15, 0.2) is 47.2 Å². The van der Waals surface area contributed by atoms with Crippen molar-refractivity contribution in [3.8, 4) is 17.1 Å². The maximum absolute atomic E-state index is 6.06. The number of aromatic nitrogens is 2. The second-order valence-corrected chi connectivity index (χ2v) is 8.83. The van der Waals surface area contributed by atoms with E-state index in [4.69, 9.17) is 9.73 Å². The van der Waals surface area contributed by atoms with Crippen LogP contribution in [0.2, 0.25) is 0 Å². The molecule has 0 spiro atoms.